The average molecular weight is 411 g/mol. The lowest BCUT2D eigenvalue weighted by Crippen LogP contribution is -2.49. The molecule has 2 heterocycles. The summed E-state index contributed by atoms with van der Waals surface area (Å²) in [4.78, 5) is 31.6. The van der Waals surface area contributed by atoms with Gasteiger partial charge in [0.25, 0.3) is 5.91 Å². The Labute approximate surface area is 177 Å². The molecule has 0 saturated carbocycles. The molecule has 1 aliphatic heterocycles. The summed E-state index contributed by atoms with van der Waals surface area (Å²) in [6.45, 7) is 10.1. The first kappa shape index (κ1) is 21.6. The Morgan fingerprint density at radius 2 is 1.80 bits per heavy atom. The van der Waals surface area contributed by atoms with Crippen molar-refractivity contribution in [2.24, 2.45) is 0 Å². The van der Waals surface area contributed by atoms with Gasteiger partial charge >= 0.3 is 0 Å². The maximum absolute atomic E-state index is 13.1. The number of benzene rings is 1. The zero-order chi connectivity index (χ0) is 22.0. The topological polar surface area (TPSA) is 97.6 Å². The molecule has 0 bridgehead atoms. The largest absolute Gasteiger partial charge is 0.477 e. The standard InChI is InChI=1S/C23H30N4O3/c1-6-17-23(29)27(22-18(30-17)10-11-19(24)25-22)12-20(28)26-21-15(13(2)3)8-7-9-16(21)14(4)5/h7-11,13-14,17H,6,12H2,1-5H3,(H2,24,25)(H,26,28). The molecular formula is C23H30N4O3. The predicted molar refractivity (Wildman–Crippen MR) is 119 cm³/mol. The number of rotatable bonds is 6. The van der Waals surface area contributed by atoms with Crippen LogP contribution < -0.4 is 20.7 Å². The van der Waals surface area contributed by atoms with Crippen molar-refractivity contribution >= 4 is 29.1 Å². The minimum absolute atomic E-state index is 0.161. The number of para-hydroxylation sites is 1. The van der Waals surface area contributed by atoms with Gasteiger partial charge < -0.3 is 15.8 Å². The van der Waals surface area contributed by atoms with Crippen molar-refractivity contribution in [3.63, 3.8) is 0 Å². The van der Waals surface area contributed by atoms with Gasteiger partial charge in [-0.3, -0.25) is 14.5 Å². The van der Waals surface area contributed by atoms with Crippen molar-refractivity contribution in [1.82, 2.24) is 4.98 Å². The maximum Gasteiger partial charge on any atom is 0.269 e. The van der Waals surface area contributed by atoms with Gasteiger partial charge in [-0.1, -0.05) is 52.8 Å². The summed E-state index contributed by atoms with van der Waals surface area (Å²) in [6.07, 6.45) is -0.154. The number of nitrogens with zero attached hydrogens (tertiary/aromatic N) is 2. The minimum atomic E-state index is -0.648. The lowest BCUT2D eigenvalue weighted by atomic mass is 9.92. The van der Waals surface area contributed by atoms with Gasteiger partial charge in [-0.05, 0) is 41.5 Å². The number of anilines is 3. The van der Waals surface area contributed by atoms with Crippen LogP contribution in [0.25, 0.3) is 0 Å². The Balaban J connectivity index is 1.92. The molecular weight excluding hydrogens is 380 g/mol. The van der Waals surface area contributed by atoms with Gasteiger partial charge in [-0.15, -0.1) is 0 Å². The molecule has 1 aromatic heterocycles. The van der Waals surface area contributed by atoms with Gasteiger partial charge in [0.2, 0.25) is 5.91 Å². The number of hydrogen-bond acceptors (Lipinski definition) is 5. The van der Waals surface area contributed by atoms with Gasteiger partial charge in [-0.2, -0.15) is 0 Å². The average Bonchev–Trinajstić information content (AvgIpc) is 2.69. The van der Waals surface area contributed by atoms with Crippen molar-refractivity contribution in [1.29, 1.82) is 0 Å². The first-order valence-electron chi connectivity index (χ1n) is 10.4. The first-order valence-corrected chi connectivity index (χ1v) is 10.4. The normalized spacial score (nSPS) is 15.9. The fraction of sp³-hybridized carbons (Fsp3) is 0.435. The molecule has 3 N–H and O–H groups in total. The molecule has 0 aliphatic carbocycles. The molecule has 2 amide bonds. The highest BCUT2D eigenvalue weighted by Gasteiger charge is 2.36. The summed E-state index contributed by atoms with van der Waals surface area (Å²) in [6, 6.07) is 9.37. The van der Waals surface area contributed by atoms with Crippen molar-refractivity contribution < 1.29 is 14.3 Å². The second kappa shape index (κ2) is 8.73. The number of carbonyl (C=O) groups is 2. The number of fused-ring (bicyclic) bond motifs is 1. The number of ether oxygens (including phenoxy) is 1. The quantitative estimate of drug-likeness (QED) is 0.749. The third-order valence-electron chi connectivity index (χ3n) is 5.24. The number of nitrogen functional groups attached to an aromatic ring is 1. The van der Waals surface area contributed by atoms with E-state index in [1.165, 1.54) is 4.90 Å². The Bertz CT molecular complexity index is 929. The van der Waals surface area contributed by atoms with E-state index < -0.39 is 6.10 Å². The summed E-state index contributed by atoms with van der Waals surface area (Å²) in [7, 11) is 0. The highest BCUT2D eigenvalue weighted by atomic mass is 16.5. The van der Waals surface area contributed by atoms with Crippen LogP contribution in [0.1, 0.15) is 64.0 Å². The molecule has 160 valence electrons. The van der Waals surface area contributed by atoms with Crippen LogP contribution in [0, 0.1) is 0 Å². The van der Waals surface area contributed by atoms with E-state index in [2.05, 4.69) is 38.0 Å². The summed E-state index contributed by atoms with van der Waals surface area (Å²) in [5, 5.41) is 3.06. The highest BCUT2D eigenvalue weighted by Crippen LogP contribution is 2.35. The molecule has 0 spiro atoms. The second-order valence-corrected chi connectivity index (χ2v) is 8.17. The fourth-order valence-electron chi connectivity index (χ4n) is 3.65. The fourth-order valence-corrected chi connectivity index (χ4v) is 3.65. The van der Waals surface area contributed by atoms with Gasteiger partial charge in [0.05, 0.1) is 0 Å². The minimum Gasteiger partial charge on any atom is -0.477 e. The predicted octanol–water partition coefficient (Wildman–Crippen LogP) is 4.05. The van der Waals surface area contributed by atoms with Crippen LogP contribution in [0.5, 0.6) is 5.75 Å². The SMILES string of the molecule is CCC1Oc2ccc(N)nc2N(CC(=O)Nc2c(C(C)C)cccc2C(C)C)C1=O. The van der Waals surface area contributed by atoms with Crippen LogP contribution in [-0.4, -0.2) is 29.4 Å². The molecule has 0 fully saturated rings. The number of nitrogens with one attached hydrogen (secondary N) is 1. The zero-order valence-electron chi connectivity index (χ0n) is 18.2. The smallest absolute Gasteiger partial charge is 0.269 e. The van der Waals surface area contributed by atoms with Crippen LogP contribution in [0.4, 0.5) is 17.3 Å². The van der Waals surface area contributed by atoms with E-state index in [0.29, 0.717) is 12.2 Å². The Hall–Kier alpha value is -3.09. The first-order chi connectivity index (χ1) is 14.2. The Morgan fingerprint density at radius 1 is 1.17 bits per heavy atom. The summed E-state index contributed by atoms with van der Waals surface area (Å²) < 4.78 is 5.74. The summed E-state index contributed by atoms with van der Waals surface area (Å²) in [5.74, 6) is 0.906. The van der Waals surface area contributed by atoms with Crippen LogP contribution in [0.2, 0.25) is 0 Å². The van der Waals surface area contributed by atoms with Crippen molar-refractivity contribution in [2.75, 3.05) is 22.5 Å². The van der Waals surface area contributed by atoms with E-state index in [9.17, 15) is 9.59 Å². The van der Waals surface area contributed by atoms with Crippen LogP contribution in [0.15, 0.2) is 30.3 Å². The van der Waals surface area contributed by atoms with Crippen molar-refractivity contribution in [3.05, 3.63) is 41.5 Å². The van der Waals surface area contributed by atoms with Gasteiger partial charge in [0.1, 0.15) is 12.4 Å². The van der Waals surface area contributed by atoms with E-state index in [1.54, 1.807) is 12.1 Å². The molecule has 1 atom stereocenters. The van der Waals surface area contributed by atoms with Crippen LogP contribution in [0.3, 0.4) is 0 Å². The number of nitrogens with two attached hydrogens (primary N) is 1. The third kappa shape index (κ3) is 4.25. The molecule has 1 unspecified atom stereocenters. The highest BCUT2D eigenvalue weighted by molar-refractivity contribution is 6.06. The van der Waals surface area contributed by atoms with E-state index in [0.717, 1.165) is 16.8 Å². The number of pyridine rings is 1. The second-order valence-electron chi connectivity index (χ2n) is 8.17. The molecule has 3 rings (SSSR count). The molecule has 2 aromatic rings. The zero-order valence-corrected chi connectivity index (χ0v) is 18.2. The molecule has 0 saturated heterocycles. The molecule has 1 aromatic carbocycles. The molecule has 1 aliphatic rings. The molecule has 7 nitrogen and oxygen atoms in total. The van der Waals surface area contributed by atoms with Gasteiger partial charge in [-0.25, -0.2) is 4.98 Å². The monoisotopic (exact) mass is 410 g/mol. The van der Waals surface area contributed by atoms with Crippen molar-refractivity contribution in [2.45, 2.75) is 59.0 Å². The number of amides is 2. The molecule has 0 radical (unpaired) electrons. The van der Waals surface area contributed by atoms with E-state index in [-0.39, 0.29) is 41.8 Å². The molecule has 7 heteroatoms. The Kier molecular flexibility index (Phi) is 6.29. The number of hydrogen-bond donors (Lipinski definition) is 2. The maximum atomic E-state index is 13.1. The lowest BCUT2D eigenvalue weighted by molar-refractivity contribution is -0.128. The van der Waals surface area contributed by atoms with Crippen molar-refractivity contribution in [3.8, 4) is 5.75 Å². The Morgan fingerprint density at radius 3 is 2.37 bits per heavy atom. The third-order valence-corrected chi connectivity index (χ3v) is 5.24. The summed E-state index contributed by atoms with van der Waals surface area (Å²) in [5.41, 5.74) is 8.77. The van der Waals surface area contributed by atoms with E-state index in [1.807, 2.05) is 25.1 Å². The van der Waals surface area contributed by atoms with E-state index >= 15 is 0 Å². The summed E-state index contributed by atoms with van der Waals surface area (Å²) >= 11 is 0. The number of aromatic nitrogens is 1. The lowest BCUT2D eigenvalue weighted by Gasteiger charge is -2.32. The van der Waals surface area contributed by atoms with Crippen LogP contribution >= 0.6 is 0 Å². The van der Waals surface area contributed by atoms with Crippen LogP contribution in [-0.2, 0) is 9.59 Å². The van der Waals surface area contributed by atoms with Gasteiger partial charge in [0.15, 0.2) is 17.7 Å². The van der Waals surface area contributed by atoms with E-state index in [4.69, 9.17) is 10.5 Å². The number of carbonyl (C=O) groups excluding carboxylic acids is 2. The molecule has 30 heavy (non-hydrogen) atoms. The van der Waals surface area contributed by atoms with Gasteiger partial charge in [0, 0.05) is 5.69 Å².